The molecule has 0 heterocycles. The molecule has 0 bridgehead atoms. The van der Waals surface area contributed by atoms with Crippen LogP contribution in [0.5, 0.6) is 0 Å². The maximum Gasteiger partial charge on any atom is 0.0973 e. The van der Waals surface area contributed by atoms with Gasteiger partial charge >= 0.3 is 0 Å². The Morgan fingerprint density at radius 2 is 1.67 bits per heavy atom. The number of rotatable bonds is 6. The first kappa shape index (κ1) is 18.3. The Morgan fingerprint density at radius 3 is 2.14 bits per heavy atom. The molecule has 0 fully saturated rings. The number of ether oxygens (including phenoxy) is 1. The largest absolute Gasteiger partial charge is 0.375 e. The van der Waals surface area contributed by atoms with Gasteiger partial charge in [-0.15, -0.1) is 0 Å². The number of hydrogen-bond acceptors (Lipinski definition) is 2. The fourth-order valence-corrected chi connectivity index (χ4v) is 2.67. The maximum atomic E-state index is 12.3. The minimum atomic E-state index is -1.09. The maximum absolute atomic E-state index is 12.3. The van der Waals surface area contributed by atoms with Crippen molar-refractivity contribution in [3.05, 3.63) is 35.9 Å². The van der Waals surface area contributed by atoms with Crippen molar-refractivity contribution in [2.75, 3.05) is 6.61 Å². The summed E-state index contributed by atoms with van der Waals surface area (Å²) in [6.07, 6.45) is 0. The van der Waals surface area contributed by atoms with E-state index in [1.165, 1.54) is 0 Å². The first-order chi connectivity index (χ1) is 9.60. The zero-order valence-electron chi connectivity index (χ0n) is 14.1. The Morgan fingerprint density at radius 1 is 1.10 bits per heavy atom. The Labute approximate surface area is 132 Å². The van der Waals surface area contributed by atoms with Crippen LogP contribution in [0.4, 0.5) is 0 Å². The molecule has 0 radical (unpaired) electrons. The Kier molecular flexibility index (Phi) is 6.57. The lowest BCUT2D eigenvalue weighted by molar-refractivity contribution is 0.0738. The topological polar surface area (TPSA) is 38.3 Å². The van der Waals surface area contributed by atoms with Gasteiger partial charge in [0.1, 0.15) is 0 Å². The summed E-state index contributed by atoms with van der Waals surface area (Å²) < 4.78 is 21.1. The number of benzene rings is 1. The van der Waals surface area contributed by atoms with E-state index in [1.807, 2.05) is 51.1 Å². The van der Waals surface area contributed by atoms with E-state index in [4.69, 9.17) is 4.74 Å². The molecule has 3 nitrogen and oxygen atoms in total. The fourth-order valence-electron chi connectivity index (χ4n) is 1.64. The Balaban J connectivity index is 2.57. The molecule has 0 spiro atoms. The third-order valence-corrected chi connectivity index (χ3v) is 4.86. The lowest BCUT2D eigenvalue weighted by atomic mass is 9.88. The van der Waals surface area contributed by atoms with Crippen molar-refractivity contribution in [1.29, 1.82) is 0 Å². The highest BCUT2D eigenvalue weighted by Gasteiger charge is 2.30. The van der Waals surface area contributed by atoms with Crippen molar-refractivity contribution in [2.45, 2.75) is 58.9 Å². The highest BCUT2D eigenvalue weighted by molar-refractivity contribution is 7.84. The molecular weight excluding hydrogens is 282 g/mol. The van der Waals surface area contributed by atoms with Crippen molar-refractivity contribution in [3.8, 4) is 0 Å². The molecule has 21 heavy (non-hydrogen) atoms. The average Bonchev–Trinajstić information content (AvgIpc) is 2.36. The zero-order chi connectivity index (χ0) is 16.1. The van der Waals surface area contributed by atoms with Crippen LogP contribution in [0.1, 0.15) is 47.1 Å². The molecule has 4 heteroatoms. The summed E-state index contributed by atoms with van der Waals surface area (Å²) in [7, 11) is -1.09. The Bertz CT molecular complexity index is 446. The molecule has 0 saturated heterocycles. The van der Waals surface area contributed by atoms with Crippen molar-refractivity contribution in [1.82, 2.24) is 4.72 Å². The fraction of sp³-hybridized carbons (Fsp3) is 0.647. The van der Waals surface area contributed by atoms with Crippen LogP contribution in [0.2, 0.25) is 0 Å². The molecule has 0 aliphatic heterocycles. The van der Waals surface area contributed by atoms with Gasteiger partial charge in [-0.1, -0.05) is 51.1 Å². The van der Waals surface area contributed by atoms with Crippen molar-refractivity contribution in [3.63, 3.8) is 0 Å². The minimum Gasteiger partial charge on any atom is -0.375 e. The predicted octanol–water partition coefficient (Wildman–Crippen LogP) is 3.67. The first-order valence-corrected chi connectivity index (χ1v) is 8.55. The quantitative estimate of drug-likeness (QED) is 0.870. The van der Waals surface area contributed by atoms with E-state index in [2.05, 4.69) is 25.5 Å². The molecule has 0 aliphatic carbocycles. The normalized spacial score (nSPS) is 15.7. The van der Waals surface area contributed by atoms with E-state index in [0.29, 0.717) is 13.2 Å². The van der Waals surface area contributed by atoms with E-state index < -0.39 is 11.0 Å². The molecule has 120 valence electrons. The van der Waals surface area contributed by atoms with Crippen LogP contribution in [-0.4, -0.2) is 21.6 Å². The molecule has 0 unspecified atom stereocenters. The van der Waals surface area contributed by atoms with Crippen LogP contribution in [0, 0.1) is 5.41 Å². The molecule has 1 rings (SSSR count). The van der Waals surface area contributed by atoms with Gasteiger partial charge in [-0.25, -0.2) is 8.93 Å². The van der Waals surface area contributed by atoms with Crippen LogP contribution in [-0.2, 0) is 22.3 Å². The van der Waals surface area contributed by atoms with Gasteiger partial charge in [0.25, 0.3) is 0 Å². The summed E-state index contributed by atoms with van der Waals surface area (Å²) in [5.41, 5.74) is 1.14. The second-order valence-electron chi connectivity index (χ2n) is 7.42. The van der Waals surface area contributed by atoms with Crippen molar-refractivity contribution < 1.29 is 8.95 Å². The van der Waals surface area contributed by atoms with Gasteiger partial charge in [-0.2, -0.15) is 0 Å². The third kappa shape index (κ3) is 6.72. The lowest BCUT2D eigenvalue weighted by Crippen LogP contribution is -2.48. The second kappa shape index (κ2) is 7.52. The summed E-state index contributed by atoms with van der Waals surface area (Å²) in [4.78, 5) is 0. The van der Waals surface area contributed by atoms with Gasteiger partial charge in [0, 0.05) is 6.04 Å². The second-order valence-corrected chi connectivity index (χ2v) is 9.42. The monoisotopic (exact) mass is 311 g/mol. The number of nitrogens with one attached hydrogen (secondary N) is 1. The van der Waals surface area contributed by atoms with Gasteiger partial charge in [0.15, 0.2) is 0 Å². The van der Waals surface area contributed by atoms with Crippen molar-refractivity contribution in [2.24, 2.45) is 5.41 Å². The molecule has 1 N–H and O–H groups in total. The minimum absolute atomic E-state index is 0.0163. The predicted molar refractivity (Wildman–Crippen MR) is 90.4 cm³/mol. The SMILES string of the molecule is CC(C)(C)[C@H](COCc1ccccc1)N[S@](=O)C(C)(C)C. The highest BCUT2D eigenvalue weighted by Crippen LogP contribution is 2.22. The first-order valence-electron chi connectivity index (χ1n) is 7.40. The van der Waals surface area contributed by atoms with Gasteiger partial charge in [-0.3, -0.25) is 0 Å². The molecule has 0 aromatic heterocycles. The summed E-state index contributed by atoms with van der Waals surface area (Å²) in [5, 5.41) is 0. The molecule has 1 aromatic rings. The summed E-state index contributed by atoms with van der Waals surface area (Å²) in [6, 6.07) is 10.1. The summed E-state index contributed by atoms with van der Waals surface area (Å²) >= 11 is 0. The Hall–Kier alpha value is -0.710. The molecule has 0 amide bonds. The molecule has 2 atom stereocenters. The van der Waals surface area contributed by atoms with Crippen LogP contribution in [0.3, 0.4) is 0 Å². The van der Waals surface area contributed by atoms with E-state index in [1.54, 1.807) is 0 Å². The molecule has 1 aromatic carbocycles. The van der Waals surface area contributed by atoms with Crippen LogP contribution in [0.15, 0.2) is 30.3 Å². The van der Waals surface area contributed by atoms with Crippen LogP contribution < -0.4 is 4.72 Å². The van der Waals surface area contributed by atoms with Crippen LogP contribution >= 0.6 is 0 Å². The molecule has 0 saturated carbocycles. The van der Waals surface area contributed by atoms with Crippen LogP contribution in [0.25, 0.3) is 0 Å². The van der Waals surface area contributed by atoms with Gasteiger partial charge in [0.05, 0.1) is 28.9 Å². The molecular formula is C17H29NO2S. The average molecular weight is 311 g/mol. The van der Waals surface area contributed by atoms with Gasteiger partial charge < -0.3 is 4.74 Å². The number of hydrogen-bond donors (Lipinski definition) is 1. The summed E-state index contributed by atoms with van der Waals surface area (Å²) in [6.45, 7) is 13.4. The van der Waals surface area contributed by atoms with E-state index in [0.717, 1.165) is 5.56 Å². The lowest BCUT2D eigenvalue weighted by Gasteiger charge is -2.33. The van der Waals surface area contributed by atoms with Gasteiger partial charge in [0.2, 0.25) is 0 Å². The van der Waals surface area contributed by atoms with E-state index in [-0.39, 0.29) is 16.2 Å². The smallest absolute Gasteiger partial charge is 0.0973 e. The standard InChI is InChI=1S/C17H29NO2S/c1-16(2,3)15(18-21(19)17(4,5)6)13-20-12-14-10-8-7-9-11-14/h7-11,15,18H,12-13H2,1-6H3/t15-,21+/m0/s1. The van der Waals surface area contributed by atoms with Gasteiger partial charge in [-0.05, 0) is 31.7 Å². The highest BCUT2D eigenvalue weighted by atomic mass is 32.2. The molecule has 0 aliphatic rings. The van der Waals surface area contributed by atoms with E-state index in [9.17, 15) is 4.21 Å². The third-order valence-electron chi connectivity index (χ3n) is 3.25. The van der Waals surface area contributed by atoms with E-state index >= 15 is 0 Å². The van der Waals surface area contributed by atoms with Crippen molar-refractivity contribution >= 4 is 11.0 Å². The zero-order valence-corrected chi connectivity index (χ0v) is 14.9. The summed E-state index contributed by atoms with van der Waals surface area (Å²) in [5.74, 6) is 0.